The molecule has 4 aromatic heterocycles. The van der Waals surface area contributed by atoms with Gasteiger partial charge in [-0.1, -0.05) is 23.4 Å². The number of halogens is 1. The third-order valence-electron chi connectivity index (χ3n) is 10.8. The maximum Gasteiger partial charge on any atom is 0.338 e. The number of nitriles is 1. The number of hydrogen-bond donors (Lipinski definition) is 1. The van der Waals surface area contributed by atoms with Gasteiger partial charge in [0.05, 0.1) is 52.6 Å². The molecule has 1 spiro atoms. The van der Waals surface area contributed by atoms with Crippen molar-refractivity contribution < 1.29 is 14.6 Å². The Kier molecular flexibility index (Phi) is 8.52. The molecule has 0 unspecified atom stereocenters. The van der Waals surface area contributed by atoms with Gasteiger partial charge in [-0.3, -0.25) is 14.3 Å². The van der Waals surface area contributed by atoms with Gasteiger partial charge in [0.15, 0.2) is 0 Å². The Morgan fingerprint density at radius 1 is 1.20 bits per heavy atom. The Balaban J connectivity index is 1.06. The second-order valence-electron chi connectivity index (χ2n) is 13.8. The van der Waals surface area contributed by atoms with E-state index in [1.54, 1.807) is 42.9 Å². The number of likely N-dealkylation sites (tertiary alicyclic amines) is 1. The van der Waals surface area contributed by atoms with Crippen LogP contribution in [0.15, 0.2) is 46.8 Å². The average Bonchev–Trinajstić information content (AvgIpc) is 3.53. The quantitative estimate of drug-likeness (QED) is 0.217. The summed E-state index contributed by atoms with van der Waals surface area (Å²) >= 11 is 7.71. The highest BCUT2D eigenvalue weighted by Gasteiger charge is 2.51. The Labute approximate surface area is 303 Å². The van der Waals surface area contributed by atoms with Crippen molar-refractivity contribution in [3.05, 3.63) is 79.9 Å². The summed E-state index contributed by atoms with van der Waals surface area (Å²) in [4.78, 5) is 44.1. The van der Waals surface area contributed by atoms with Crippen molar-refractivity contribution in [3.8, 4) is 29.0 Å². The standard InChI is InChI=1S/C38H34ClN7O4S/c1-22-43-31-18-42-35(44(2)25-8-12-45(13-9-25)26-15-38(16-26)20-50-21-38)29(17-40)32(31)36(47)46(22)11-3-4-23-5-6-24(39)14-28(23)27-7-10-41-33-30(37(48)49)19-51-34(27)33/h5-7,10,14,18-19,25-26H,8-9,11-13,15-16,20-21H2,1-2H3,(H,48,49). The molecule has 11 nitrogen and oxygen atoms in total. The number of aromatic carboxylic acids is 1. The molecule has 6 heterocycles. The number of aromatic nitrogens is 4. The molecule has 1 N–H and O–H groups in total. The van der Waals surface area contributed by atoms with Crippen LogP contribution in [0, 0.1) is 35.5 Å². The van der Waals surface area contributed by atoms with Gasteiger partial charge in [-0.15, -0.1) is 11.3 Å². The van der Waals surface area contributed by atoms with E-state index in [1.165, 1.54) is 28.7 Å². The zero-order chi connectivity index (χ0) is 35.4. The number of carboxylic acid groups (broad SMARTS) is 1. The molecule has 2 aliphatic heterocycles. The van der Waals surface area contributed by atoms with Crippen molar-refractivity contribution >= 4 is 55.8 Å². The first-order valence-corrected chi connectivity index (χ1v) is 18.2. The van der Waals surface area contributed by atoms with Crippen LogP contribution in [0.25, 0.3) is 32.2 Å². The first-order valence-electron chi connectivity index (χ1n) is 16.9. The molecule has 3 fully saturated rings. The number of carboxylic acids is 1. The topological polar surface area (TPSA) is 137 Å². The minimum absolute atomic E-state index is 0.0367. The molecule has 1 aromatic carbocycles. The first kappa shape index (κ1) is 33.3. The number of thiophene rings is 1. The van der Waals surface area contributed by atoms with Gasteiger partial charge in [0.2, 0.25) is 0 Å². The maximum atomic E-state index is 14.1. The highest BCUT2D eigenvalue weighted by Crippen LogP contribution is 2.49. The Morgan fingerprint density at radius 3 is 2.69 bits per heavy atom. The number of piperidine rings is 1. The molecule has 258 valence electrons. The smallest absolute Gasteiger partial charge is 0.338 e. The van der Waals surface area contributed by atoms with Crippen molar-refractivity contribution in [3.63, 3.8) is 0 Å². The van der Waals surface area contributed by atoms with Crippen LogP contribution in [-0.2, 0) is 11.3 Å². The van der Waals surface area contributed by atoms with Crippen molar-refractivity contribution in [2.24, 2.45) is 5.41 Å². The molecule has 51 heavy (non-hydrogen) atoms. The normalized spacial score (nSPS) is 17.5. The van der Waals surface area contributed by atoms with Crippen LogP contribution in [0.3, 0.4) is 0 Å². The van der Waals surface area contributed by atoms with Crippen molar-refractivity contribution in [2.75, 3.05) is 38.3 Å². The largest absolute Gasteiger partial charge is 0.478 e. The van der Waals surface area contributed by atoms with Gasteiger partial charge < -0.3 is 19.6 Å². The molecule has 2 saturated heterocycles. The van der Waals surface area contributed by atoms with E-state index in [0.29, 0.717) is 49.4 Å². The number of ether oxygens (including phenoxy) is 1. The molecule has 3 aliphatic rings. The predicted molar refractivity (Wildman–Crippen MR) is 196 cm³/mol. The molecular weight excluding hydrogens is 686 g/mol. The fourth-order valence-electron chi connectivity index (χ4n) is 7.86. The first-order chi connectivity index (χ1) is 24.7. The van der Waals surface area contributed by atoms with Crippen LogP contribution in [0.5, 0.6) is 0 Å². The fraction of sp³-hybridized carbons (Fsp3) is 0.368. The van der Waals surface area contributed by atoms with Crippen LogP contribution in [0.1, 0.15) is 53.0 Å². The summed E-state index contributed by atoms with van der Waals surface area (Å²) in [6.45, 7) is 5.58. The SMILES string of the molecule is Cc1nc2cnc(N(C)C3CCN(C4CC5(COC5)C4)CC3)c(C#N)c2c(=O)n1CC#Cc1ccc(Cl)cc1-c1ccnc2c(C(=O)O)csc12. The van der Waals surface area contributed by atoms with Crippen molar-refractivity contribution in [1.82, 2.24) is 24.4 Å². The van der Waals surface area contributed by atoms with E-state index in [0.717, 1.165) is 50.3 Å². The van der Waals surface area contributed by atoms with Gasteiger partial charge in [-0.05, 0) is 56.9 Å². The van der Waals surface area contributed by atoms with E-state index in [2.05, 4.69) is 42.7 Å². The summed E-state index contributed by atoms with van der Waals surface area (Å²) in [5.74, 6) is 6.23. The second-order valence-corrected chi connectivity index (χ2v) is 15.1. The summed E-state index contributed by atoms with van der Waals surface area (Å²) in [5, 5.41) is 22.3. The van der Waals surface area contributed by atoms with Gasteiger partial charge >= 0.3 is 5.97 Å². The minimum Gasteiger partial charge on any atom is -0.478 e. The lowest BCUT2D eigenvalue weighted by Crippen LogP contribution is -2.61. The number of carbonyl (C=O) groups is 1. The number of benzene rings is 1. The molecule has 1 aliphatic carbocycles. The number of nitrogens with zero attached hydrogens (tertiary/aromatic N) is 7. The van der Waals surface area contributed by atoms with Gasteiger partial charge in [-0.25, -0.2) is 14.8 Å². The summed E-state index contributed by atoms with van der Waals surface area (Å²) in [6.07, 6.45) is 7.52. The minimum atomic E-state index is -1.04. The van der Waals surface area contributed by atoms with Gasteiger partial charge in [0, 0.05) is 70.9 Å². The predicted octanol–water partition coefficient (Wildman–Crippen LogP) is 5.73. The molecule has 13 heteroatoms. The number of aryl methyl sites for hydroxylation is 1. The van der Waals surface area contributed by atoms with Crippen LogP contribution < -0.4 is 10.5 Å². The zero-order valence-corrected chi connectivity index (χ0v) is 29.7. The molecule has 0 atom stereocenters. The van der Waals surface area contributed by atoms with E-state index in [-0.39, 0.29) is 34.7 Å². The second kappa shape index (κ2) is 13.0. The van der Waals surface area contributed by atoms with Gasteiger partial charge in [-0.2, -0.15) is 5.26 Å². The Bertz CT molecular complexity index is 2390. The number of hydrogen-bond acceptors (Lipinski definition) is 10. The third-order valence-corrected chi connectivity index (χ3v) is 12.0. The molecule has 5 aromatic rings. The Hall–Kier alpha value is -4.85. The molecule has 0 bridgehead atoms. The van der Waals surface area contributed by atoms with E-state index < -0.39 is 5.97 Å². The lowest BCUT2D eigenvalue weighted by atomic mass is 9.63. The highest BCUT2D eigenvalue weighted by atomic mass is 35.5. The van der Waals surface area contributed by atoms with E-state index in [4.69, 9.17) is 16.3 Å². The van der Waals surface area contributed by atoms with Crippen molar-refractivity contribution in [2.45, 2.75) is 51.2 Å². The summed E-state index contributed by atoms with van der Waals surface area (Å²) in [7, 11) is 1.96. The monoisotopic (exact) mass is 719 g/mol. The molecule has 0 radical (unpaired) electrons. The lowest BCUT2D eigenvalue weighted by Gasteiger charge is -2.57. The van der Waals surface area contributed by atoms with Crippen LogP contribution in [-0.4, -0.2) is 80.9 Å². The number of rotatable bonds is 6. The molecular formula is C38H34ClN7O4S. The van der Waals surface area contributed by atoms with Crippen LogP contribution in [0.2, 0.25) is 5.02 Å². The van der Waals surface area contributed by atoms with E-state index in [9.17, 15) is 20.0 Å². The fourth-order valence-corrected chi connectivity index (χ4v) is 9.06. The molecule has 1 saturated carbocycles. The molecule has 8 rings (SSSR count). The van der Waals surface area contributed by atoms with E-state index >= 15 is 0 Å². The lowest BCUT2D eigenvalue weighted by molar-refractivity contribution is -0.185. The van der Waals surface area contributed by atoms with Gasteiger partial charge in [0.1, 0.15) is 23.3 Å². The van der Waals surface area contributed by atoms with E-state index in [1.807, 2.05) is 13.1 Å². The van der Waals surface area contributed by atoms with Gasteiger partial charge in [0.25, 0.3) is 5.56 Å². The maximum absolute atomic E-state index is 14.1. The number of anilines is 1. The summed E-state index contributed by atoms with van der Waals surface area (Å²) < 4.78 is 7.65. The van der Waals surface area contributed by atoms with Crippen LogP contribution in [0.4, 0.5) is 5.82 Å². The van der Waals surface area contributed by atoms with Crippen molar-refractivity contribution in [1.29, 1.82) is 5.26 Å². The summed E-state index contributed by atoms with van der Waals surface area (Å²) in [6, 6.07) is 10.3. The Morgan fingerprint density at radius 2 is 1.98 bits per heavy atom. The third kappa shape index (κ3) is 5.82. The number of fused-ring (bicyclic) bond motifs is 2. The summed E-state index contributed by atoms with van der Waals surface area (Å²) in [5.41, 5.74) is 3.37. The average molecular weight is 720 g/mol. The highest BCUT2D eigenvalue weighted by molar-refractivity contribution is 7.18. The van der Waals surface area contributed by atoms with Crippen LogP contribution >= 0.6 is 22.9 Å². The molecule has 0 amide bonds. The zero-order valence-electron chi connectivity index (χ0n) is 28.1. The number of pyridine rings is 2.